The molecule has 1 aromatic heterocycles. The summed E-state index contributed by atoms with van der Waals surface area (Å²) in [7, 11) is 1.56. The molecular weight excluding hydrogens is 360 g/mol. The van der Waals surface area contributed by atoms with Crippen molar-refractivity contribution in [2.75, 3.05) is 19.1 Å². The van der Waals surface area contributed by atoms with Gasteiger partial charge in [-0.2, -0.15) is 0 Å². The molecule has 1 aliphatic heterocycles. The number of rotatable bonds is 5. The quantitative estimate of drug-likeness (QED) is 0.523. The number of para-hydroxylation sites is 2. The Morgan fingerprint density at radius 2 is 1.93 bits per heavy atom. The number of H-pyrrole nitrogens is 1. The van der Waals surface area contributed by atoms with Gasteiger partial charge in [-0.1, -0.05) is 12.1 Å². The Bertz CT molecular complexity index is 1060. The molecule has 0 saturated carbocycles. The highest BCUT2D eigenvalue weighted by Gasteiger charge is 2.52. The number of methoxy groups -OCH3 is 1. The summed E-state index contributed by atoms with van der Waals surface area (Å²) in [5.41, 5.74) is 5.93. The second-order valence-corrected chi connectivity index (χ2v) is 6.24. The number of carbonyl (C=O) groups excluding carboxylic acids is 2. The van der Waals surface area contributed by atoms with Gasteiger partial charge in [0.1, 0.15) is 17.3 Å². The molecule has 0 fully saturated rings. The van der Waals surface area contributed by atoms with Crippen LogP contribution in [0.4, 0.5) is 5.69 Å². The van der Waals surface area contributed by atoms with E-state index in [1.165, 1.54) is 0 Å². The van der Waals surface area contributed by atoms with Crippen LogP contribution in [0.15, 0.2) is 53.5 Å². The molecule has 1 atom stereocenters. The van der Waals surface area contributed by atoms with Crippen molar-refractivity contribution in [3.8, 4) is 5.75 Å². The number of aromatic amines is 1. The van der Waals surface area contributed by atoms with E-state index in [9.17, 15) is 9.59 Å². The van der Waals surface area contributed by atoms with Crippen LogP contribution >= 0.6 is 0 Å². The third-order valence-electron chi connectivity index (χ3n) is 4.61. The lowest BCUT2D eigenvalue weighted by Crippen LogP contribution is -2.58. The molecule has 0 radical (unpaired) electrons. The lowest BCUT2D eigenvalue weighted by molar-refractivity contribution is -0.123. The number of aromatic nitrogens is 2. The normalized spacial score (nSPS) is 18.7. The van der Waals surface area contributed by atoms with E-state index >= 15 is 0 Å². The van der Waals surface area contributed by atoms with Gasteiger partial charge in [0.05, 0.1) is 24.8 Å². The molecule has 9 nitrogen and oxygen atoms in total. The predicted molar refractivity (Wildman–Crippen MR) is 104 cm³/mol. The fraction of sp³-hybridized carbons (Fsp3) is 0.158. The minimum Gasteiger partial charge on any atom is -0.497 e. The number of fused-ring (bicyclic) bond motifs is 1. The summed E-state index contributed by atoms with van der Waals surface area (Å²) in [5.74, 6) is -0.434. The second-order valence-electron chi connectivity index (χ2n) is 6.24. The Kier molecular flexibility index (Phi) is 4.28. The molecule has 4 rings (SSSR count). The van der Waals surface area contributed by atoms with Gasteiger partial charge >= 0.3 is 0 Å². The first-order chi connectivity index (χ1) is 13.5. The van der Waals surface area contributed by atoms with Crippen LogP contribution in [0.3, 0.4) is 0 Å². The molecule has 0 saturated heterocycles. The van der Waals surface area contributed by atoms with Gasteiger partial charge in [-0.25, -0.2) is 4.98 Å². The average molecular weight is 378 g/mol. The second kappa shape index (κ2) is 6.78. The largest absolute Gasteiger partial charge is 0.497 e. The number of hydrogen-bond donors (Lipinski definition) is 4. The lowest BCUT2D eigenvalue weighted by Gasteiger charge is -2.25. The summed E-state index contributed by atoms with van der Waals surface area (Å²) in [6, 6.07) is 14.1. The molecule has 1 aliphatic rings. The van der Waals surface area contributed by atoms with Gasteiger partial charge in [-0.15, -0.1) is 0 Å². The smallest absolute Gasteiger partial charge is 0.272 e. The Hall–Kier alpha value is -3.72. The Morgan fingerprint density at radius 1 is 1.18 bits per heavy atom. The number of nitrogens with zero attached hydrogens (tertiary/aromatic N) is 2. The Labute approximate surface area is 160 Å². The van der Waals surface area contributed by atoms with Crippen LogP contribution in [0.2, 0.25) is 0 Å². The van der Waals surface area contributed by atoms with Gasteiger partial charge in [-0.05, 0) is 36.4 Å². The van der Waals surface area contributed by atoms with Crippen molar-refractivity contribution in [3.63, 3.8) is 0 Å². The van der Waals surface area contributed by atoms with Crippen LogP contribution in [0.5, 0.6) is 5.75 Å². The fourth-order valence-electron chi connectivity index (χ4n) is 3.19. The fourth-order valence-corrected chi connectivity index (χ4v) is 3.19. The van der Waals surface area contributed by atoms with Gasteiger partial charge in [0.25, 0.3) is 11.8 Å². The number of nitrogens with two attached hydrogens (primary N) is 1. The van der Waals surface area contributed by atoms with Crippen molar-refractivity contribution in [2.45, 2.75) is 5.54 Å². The molecule has 142 valence electrons. The van der Waals surface area contributed by atoms with E-state index in [0.29, 0.717) is 17.0 Å². The van der Waals surface area contributed by atoms with Crippen LogP contribution in [0.1, 0.15) is 5.82 Å². The Balaban J connectivity index is 1.70. The first-order valence-electron chi connectivity index (χ1n) is 8.55. The van der Waals surface area contributed by atoms with Crippen molar-refractivity contribution < 1.29 is 14.3 Å². The maximum Gasteiger partial charge on any atom is 0.272 e. The van der Waals surface area contributed by atoms with Crippen molar-refractivity contribution in [2.24, 2.45) is 10.7 Å². The maximum absolute atomic E-state index is 12.9. The van der Waals surface area contributed by atoms with E-state index in [2.05, 4.69) is 25.6 Å². The van der Waals surface area contributed by atoms with Gasteiger partial charge in [0.2, 0.25) is 5.54 Å². The number of imidazole rings is 1. The number of ether oxygens (including phenoxy) is 1. The number of nitrogens with one attached hydrogen (secondary N) is 3. The topological polar surface area (TPSA) is 134 Å². The number of amides is 2. The van der Waals surface area contributed by atoms with Gasteiger partial charge < -0.3 is 20.8 Å². The van der Waals surface area contributed by atoms with Crippen LogP contribution in [0.25, 0.3) is 11.0 Å². The van der Waals surface area contributed by atoms with Crippen LogP contribution in [-0.4, -0.2) is 41.3 Å². The highest BCUT2D eigenvalue weighted by Crippen LogP contribution is 2.27. The molecule has 0 spiro atoms. The molecule has 9 heteroatoms. The Morgan fingerprint density at radius 3 is 2.61 bits per heavy atom. The van der Waals surface area contributed by atoms with Crippen LogP contribution < -0.4 is 21.1 Å². The zero-order valence-corrected chi connectivity index (χ0v) is 15.0. The molecule has 1 unspecified atom stereocenters. The van der Waals surface area contributed by atoms with Gasteiger partial charge in [0, 0.05) is 5.69 Å². The van der Waals surface area contributed by atoms with E-state index in [-0.39, 0.29) is 18.2 Å². The maximum atomic E-state index is 12.9. The van der Waals surface area contributed by atoms with Crippen molar-refractivity contribution in [1.82, 2.24) is 15.3 Å². The zero-order chi connectivity index (χ0) is 19.7. The number of anilines is 1. The van der Waals surface area contributed by atoms with Crippen LogP contribution in [0, 0.1) is 0 Å². The summed E-state index contributed by atoms with van der Waals surface area (Å²) < 4.78 is 5.11. The molecule has 2 heterocycles. The van der Waals surface area contributed by atoms with E-state index < -0.39 is 17.4 Å². The van der Waals surface area contributed by atoms with E-state index in [1.807, 2.05) is 18.2 Å². The molecule has 0 aliphatic carbocycles. The number of carbonyl (C=O) groups is 2. The van der Waals surface area contributed by atoms with Gasteiger partial charge in [-0.3, -0.25) is 19.9 Å². The molecule has 28 heavy (non-hydrogen) atoms. The van der Waals surface area contributed by atoms with Crippen molar-refractivity contribution >= 4 is 34.2 Å². The number of aliphatic imine (C=N–C) groups is 1. The number of hydrogen-bond acceptors (Lipinski definition) is 6. The summed E-state index contributed by atoms with van der Waals surface area (Å²) in [4.78, 5) is 37.1. The predicted octanol–water partition coefficient (Wildman–Crippen LogP) is 0.893. The highest BCUT2D eigenvalue weighted by molar-refractivity contribution is 6.50. The van der Waals surface area contributed by atoms with Crippen LogP contribution in [-0.2, 0) is 15.1 Å². The summed E-state index contributed by atoms with van der Waals surface area (Å²) in [6.45, 7) is 0.0609. The molecule has 0 bridgehead atoms. The molecular formula is C19H18N6O3. The number of benzene rings is 2. The van der Waals surface area contributed by atoms with E-state index in [0.717, 1.165) is 5.52 Å². The first-order valence-corrected chi connectivity index (χ1v) is 8.55. The summed E-state index contributed by atoms with van der Waals surface area (Å²) >= 11 is 0. The monoisotopic (exact) mass is 378 g/mol. The minimum absolute atomic E-state index is 0.0464. The third-order valence-corrected chi connectivity index (χ3v) is 4.61. The average Bonchev–Trinajstić information content (AvgIpc) is 3.33. The molecule has 2 amide bonds. The summed E-state index contributed by atoms with van der Waals surface area (Å²) in [6.07, 6.45) is 0. The SMILES string of the molecule is COc1ccc(NC(=O)C2=NCNC2(C(N)=O)c2nc3ccccc3[nH]2)cc1. The standard InChI is InChI=1S/C19H18N6O3/c1-28-12-8-6-11(7-9-12)23-16(26)15-19(17(20)27,22-10-21-15)18-24-13-4-2-3-5-14(13)25-18/h2-9,22H,10H2,1H3,(H2,20,27)(H,23,26)(H,24,25). The molecule has 2 aromatic carbocycles. The van der Waals surface area contributed by atoms with E-state index in [1.54, 1.807) is 37.4 Å². The zero-order valence-electron chi connectivity index (χ0n) is 15.0. The molecule has 3 aromatic rings. The summed E-state index contributed by atoms with van der Waals surface area (Å²) in [5, 5.41) is 5.66. The molecule has 5 N–H and O–H groups in total. The first kappa shape index (κ1) is 17.7. The number of primary amides is 1. The van der Waals surface area contributed by atoms with Gasteiger partial charge in [0.15, 0.2) is 0 Å². The van der Waals surface area contributed by atoms with E-state index in [4.69, 9.17) is 10.5 Å². The third kappa shape index (κ3) is 2.78. The van der Waals surface area contributed by atoms with Crippen molar-refractivity contribution in [3.05, 3.63) is 54.4 Å². The highest BCUT2D eigenvalue weighted by atomic mass is 16.5. The minimum atomic E-state index is -1.64. The lowest BCUT2D eigenvalue weighted by atomic mass is 9.91. The van der Waals surface area contributed by atoms with Crippen molar-refractivity contribution in [1.29, 1.82) is 0 Å².